The van der Waals surface area contributed by atoms with E-state index in [9.17, 15) is 4.79 Å². The molecular formula is C19H25N3OS. The van der Waals surface area contributed by atoms with E-state index in [-0.39, 0.29) is 5.91 Å². The molecule has 2 rings (SSSR count). The highest BCUT2D eigenvalue weighted by Gasteiger charge is 2.08. The number of hydrogen-bond acceptors (Lipinski definition) is 3. The quantitative estimate of drug-likeness (QED) is 0.593. The second-order valence-corrected chi connectivity index (χ2v) is 6.85. The maximum absolute atomic E-state index is 12.1. The summed E-state index contributed by atoms with van der Waals surface area (Å²) >= 11 is 1.67. The maximum atomic E-state index is 12.1. The van der Waals surface area contributed by atoms with E-state index < -0.39 is 0 Å². The Morgan fingerprint density at radius 2 is 2.08 bits per heavy atom. The summed E-state index contributed by atoms with van der Waals surface area (Å²) in [6, 6.07) is 12.1. The van der Waals surface area contributed by atoms with Crippen molar-refractivity contribution in [1.82, 2.24) is 10.6 Å². The normalized spacial score (nSPS) is 11.6. The first-order valence-corrected chi connectivity index (χ1v) is 9.20. The van der Waals surface area contributed by atoms with Crippen LogP contribution in [-0.2, 0) is 6.54 Å². The van der Waals surface area contributed by atoms with Gasteiger partial charge in [-0.25, -0.2) is 0 Å². The summed E-state index contributed by atoms with van der Waals surface area (Å²) in [7, 11) is 0. The van der Waals surface area contributed by atoms with Gasteiger partial charge in [0.2, 0.25) is 0 Å². The highest BCUT2D eigenvalue weighted by Crippen LogP contribution is 2.12. The first kappa shape index (κ1) is 18.2. The largest absolute Gasteiger partial charge is 0.367 e. The minimum Gasteiger partial charge on any atom is -0.367 e. The summed E-state index contributed by atoms with van der Waals surface area (Å²) in [5.41, 5.74) is 1.71. The number of benzene rings is 1. The Morgan fingerprint density at radius 1 is 1.25 bits per heavy atom. The lowest BCUT2D eigenvalue weighted by Crippen LogP contribution is -2.30. The van der Waals surface area contributed by atoms with E-state index in [1.165, 1.54) is 0 Å². The van der Waals surface area contributed by atoms with Crippen LogP contribution in [0.5, 0.6) is 0 Å². The number of amides is 1. The third kappa shape index (κ3) is 5.49. The lowest BCUT2D eigenvalue weighted by molar-refractivity contribution is 0.0953. The summed E-state index contributed by atoms with van der Waals surface area (Å²) < 4.78 is 0. The number of rotatable bonds is 7. The van der Waals surface area contributed by atoms with Crippen LogP contribution in [0, 0.1) is 0 Å². The summed E-state index contributed by atoms with van der Waals surface area (Å²) in [5, 5.41) is 8.35. The first-order valence-electron chi connectivity index (χ1n) is 8.32. The van der Waals surface area contributed by atoms with Crippen molar-refractivity contribution in [2.24, 2.45) is 4.99 Å². The van der Waals surface area contributed by atoms with E-state index in [2.05, 4.69) is 30.5 Å². The zero-order chi connectivity index (χ0) is 17.4. The van der Waals surface area contributed by atoms with Crippen LogP contribution >= 0.6 is 11.3 Å². The molecule has 0 spiro atoms. The Hall–Kier alpha value is -2.14. The number of thiophene rings is 1. The Morgan fingerprint density at radius 3 is 2.75 bits per heavy atom. The number of aliphatic imine (C=N–C) groups is 1. The minimum absolute atomic E-state index is 0.0264. The number of nitrogens with one attached hydrogen (secondary N) is 2. The van der Waals surface area contributed by atoms with Crippen molar-refractivity contribution in [1.29, 1.82) is 0 Å². The van der Waals surface area contributed by atoms with Gasteiger partial charge < -0.3 is 10.6 Å². The molecule has 1 aromatic heterocycles. The Labute approximate surface area is 148 Å². The van der Waals surface area contributed by atoms with Gasteiger partial charge in [0.05, 0.1) is 11.4 Å². The zero-order valence-electron chi connectivity index (χ0n) is 14.5. The molecule has 128 valence electrons. The molecule has 0 fully saturated rings. The van der Waals surface area contributed by atoms with Crippen LogP contribution in [0.25, 0.3) is 0 Å². The van der Waals surface area contributed by atoms with E-state index in [0.29, 0.717) is 24.7 Å². The van der Waals surface area contributed by atoms with E-state index in [1.54, 1.807) is 11.3 Å². The predicted octanol–water partition coefficient (Wildman–Crippen LogP) is 3.83. The van der Waals surface area contributed by atoms with Crippen LogP contribution in [0.1, 0.15) is 48.0 Å². The van der Waals surface area contributed by atoms with Crippen LogP contribution < -0.4 is 10.6 Å². The third-order valence-electron chi connectivity index (χ3n) is 3.32. The standard InChI is InChI=1S/C19H25N3OS/c1-4-10-20-19(23)16-8-5-7-15(12-16)13-21-18(22-14(2)3)17-9-6-11-24-17/h5-9,11-12,14H,4,10,13H2,1-3H3,(H,20,23)(H,21,22). The first-order chi connectivity index (χ1) is 11.6. The number of carbonyl (C=O) groups excluding carboxylic acids is 1. The molecular weight excluding hydrogens is 318 g/mol. The topological polar surface area (TPSA) is 53.5 Å². The lowest BCUT2D eigenvalue weighted by atomic mass is 10.1. The van der Waals surface area contributed by atoms with Gasteiger partial charge in [0.1, 0.15) is 5.84 Å². The predicted molar refractivity (Wildman–Crippen MR) is 102 cm³/mol. The molecule has 1 aromatic carbocycles. The average Bonchev–Trinajstić information content (AvgIpc) is 3.11. The SMILES string of the molecule is CCCNC(=O)c1cccc(CN=C(NC(C)C)c2cccs2)c1. The Balaban J connectivity index is 2.12. The minimum atomic E-state index is -0.0264. The van der Waals surface area contributed by atoms with Crippen LogP contribution in [-0.4, -0.2) is 24.3 Å². The van der Waals surface area contributed by atoms with Crippen molar-refractivity contribution in [3.8, 4) is 0 Å². The van der Waals surface area contributed by atoms with Crippen molar-refractivity contribution >= 4 is 23.1 Å². The number of amidine groups is 1. The number of hydrogen-bond donors (Lipinski definition) is 2. The van der Waals surface area contributed by atoms with Crippen molar-refractivity contribution in [3.63, 3.8) is 0 Å². The van der Waals surface area contributed by atoms with Crippen LogP contribution in [0.4, 0.5) is 0 Å². The van der Waals surface area contributed by atoms with Crippen molar-refractivity contribution in [3.05, 3.63) is 57.8 Å². The van der Waals surface area contributed by atoms with Gasteiger partial charge in [0, 0.05) is 18.2 Å². The average molecular weight is 343 g/mol. The van der Waals surface area contributed by atoms with Gasteiger partial charge in [-0.1, -0.05) is 25.1 Å². The Bertz CT molecular complexity index is 678. The summed E-state index contributed by atoms with van der Waals surface area (Å²) in [6.45, 7) is 7.48. The monoisotopic (exact) mass is 343 g/mol. The van der Waals surface area contributed by atoms with Gasteiger partial charge in [-0.2, -0.15) is 0 Å². The fourth-order valence-corrected chi connectivity index (χ4v) is 2.90. The molecule has 0 aliphatic rings. The molecule has 5 heteroatoms. The van der Waals surface area contributed by atoms with E-state index in [1.807, 2.05) is 42.6 Å². The highest BCUT2D eigenvalue weighted by atomic mass is 32.1. The second-order valence-electron chi connectivity index (χ2n) is 5.90. The van der Waals surface area contributed by atoms with Crippen molar-refractivity contribution < 1.29 is 4.79 Å². The van der Waals surface area contributed by atoms with Crippen LogP contribution in [0.2, 0.25) is 0 Å². The molecule has 0 radical (unpaired) electrons. The number of nitrogens with zero attached hydrogens (tertiary/aromatic N) is 1. The molecule has 2 aromatic rings. The maximum Gasteiger partial charge on any atom is 0.251 e. The summed E-state index contributed by atoms with van der Waals surface area (Å²) in [6.07, 6.45) is 0.931. The molecule has 0 saturated carbocycles. The van der Waals surface area contributed by atoms with Gasteiger partial charge >= 0.3 is 0 Å². The van der Waals surface area contributed by atoms with Crippen LogP contribution in [0.15, 0.2) is 46.8 Å². The second kappa shape index (κ2) is 9.23. The third-order valence-corrected chi connectivity index (χ3v) is 4.20. The molecule has 0 aliphatic carbocycles. The lowest BCUT2D eigenvalue weighted by Gasteiger charge is -2.12. The molecule has 0 atom stereocenters. The fraction of sp³-hybridized carbons (Fsp3) is 0.368. The summed E-state index contributed by atoms with van der Waals surface area (Å²) in [4.78, 5) is 17.9. The van der Waals surface area contributed by atoms with Gasteiger partial charge in [-0.15, -0.1) is 11.3 Å². The highest BCUT2D eigenvalue weighted by molar-refractivity contribution is 7.12. The molecule has 1 heterocycles. The van der Waals surface area contributed by atoms with E-state index in [0.717, 1.165) is 22.7 Å². The molecule has 1 amide bonds. The van der Waals surface area contributed by atoms with Gasteiger partial charge in [-0.05, 0) is 49.4 Å². The summed E-state index contributed by atoms with van der Waals surface area (Å²) in [5.74, 6) is 0.877. The Kier molecular flexibility index (Phi) is 7.00. The van der Waals surface area contributed by atoms with Crippen molar-refractivity contribution in [2.45, 2.75) is 39.8 Å². The molecule has 24 heavy (non-hydrogen) atoms. The zero-order valence-corrected chi connectivity index (χ0v) is 15.3. The van der Waals surface area contributed by atoms with Crippen molar-refractivity contribution in [2.75, 3.05) is 6.54 Å². The molecule has 0 saturated heterocycles. The van der Waals surface area contributed by atoms with Gasteiger partial charge in [0.15, 0.2) is 0 Å². The van der Waals surface area contributed by atoms with Gasteiger partial charge in [-0.3, -0.25) is 9.79 Å². The van der Waals surface area contributed by atoms with E-state index >= 15 is 0 Å². The molecule has 4 nitrogen and oxygen atoms in total. The fourth-order valence-electron chi connectivity index (χ4n) is 2.20. The van der Waals surface area contributed by atoms with Crippen LogP contribution in [0.3, 0.4) is 0 Å². The molecule has 0 aliphatic heterocycles. The molecule has 0 unspecified atom stereocenters. The molecule has 2 N–H and O–H groups in total. The smallest absolute Gasteiger partial charge is 0.251 e. The molecule has 0 bridgehead atoms. The number of carbonyl (C=O) groups is 1. The van der Waals surface area contributed by atoms with Gasteiger partial charge in [0.25, 0.3) is 5.91 Å². The van der Waals surface area contributed by atoms with E-state index in [4.69, 9.17) is 4.99 Å².